The SMILES string of the molecule is CCCN(C)c1nc(N)c(C(=O)N(C)Cc2cscn2)s1. The smallest absolute Gasteiger partial charge is 0.267 e. The maximum atomic E-state index is 12.5. The fourth-order valence-corrected chi connectivity index (χ4v) is 3.39. The molecular formula is C13H19N5OS2. The third-order valence-corrected chi connectivity index (χ3v) is 4.76. The van der Waals surface area contributed by atoms with Gasteiger partial charge in [-0.2, -0.15) is 0 Å². The number of anilines is 2. The van der Waals surface area contributed by atoms with Crippen LogP contribution in [0.1, 0.15) is 28.7 Å². The molecule has 0 aliphatic carbocycles. The van der Waals surface area contributed by atoms with E-state index >= 15 is 0 Å². The Kier molecular flexibility index (Phi) is 5.13. The molecule has 2 N–H and O–H groups in total. The largest absolute Gasteiger partial charge is 0.382 e. The molecule has 0 bridgehead atoms. The van der Waals surface area contributed by atoms with E-state index in [2.05, 4.69) is 16.9 Å². The number of aromatic nitrogens is 2. The quantitative estimate of drug-likeness (QED) is 0.882. The number of hydrogen-bond acceptors (Lipinski definition) is 7. The van der Waals surface area contributed by atoms with E-state index in [0.29, 0.717) is 17.2 Å². The van der Waals surface area contributed by atoms with E-state index < -0.39 is 0 Å². The summed E-state index contributed by atoms with van der Waals surface area (Å²) < 4.78 is 0. The van der Waals surface area contributed by atoms with Crippen LogP contribution in [-0.4, -0.2) is 41.4 Å². The van der Waals surface area contributed by atoms with Gasteiger partial charge in [0.15, 0.2) is 5.13 Å². The first-order valence-electron chi connectivity index (χ1n) is 6.62. The van der Waals surface area contributed by atoms with E-state index in [9.17, 15) is 4.79 Å². The molecule has 2 aromatic heterocycles. The summed E-state index contributed by atoms with van der Waals surface area (Å²) in [6.07, 6.45) is 1.02. The van der Waals surface area contributed by atoms with E-state index in [1.165, 1.54) is 22.7 Å². The Bertz CT molecular complexity index is 596. The van der Waals surface area contributed by atoms with Gasteiger partial charge in [0.05, 0.1) is 17.7 Å². The summed E-state index contributed by atoms with van der Waals surface area (Å²) in [7, 11) is 3.70. The summed E-state index contributed by atoms with van der Waals surface area (Å²) >= 11 is 2.85. The molecule has 2 rings (SSSR count). The Balaban J connectivity index is 2.11. The first kappa shape index (κ1) is 15.7. The Labute approximate surface area is 132 Å². The molecule has 1 amide bonds. The highest BCUT2D eigenvalue weighted by molar-refractivity contribution is 7.18. The minimum absolute atomic E-state index is 0.117. The molecule has 0 saturated heterocycles. The number of thiazole rings is 2. The Morgan fingerprint density at radius 2 is 2.19 bits per heavy atom. The van der Waals surface area contributed by atoms with Crippen molar-refractivity contribution >= 4 is 39.5 Å². The molecule has 0 aliphatic heterocycles. The Morgan fingerprint density at radius 3 is 2.81 bits per heavy atom. The van der Waals surface area contributed by atoms with E-state index in [0.717, 1.165) is 23.8 Å². The van der Waals surface area contributed by atoms with Crippen molar-refractivity contribution in [3.8, 4) is 0 Å². The van der Waals surface area contributed by atoms with E-state index in [1.807, 2.05) is 17.3 Å². The zero-order valence-corrected chi connectivity index (χ0v) is 14.0. The molecule has 0 saturated carbocycles. The van der Waals surface area contributed by atoms with Crippen molar-refractivity contribution in [1.29, 1.82) is 0 Å². The number of hydrogen-bond donors (Lipinski definition) is 1. The average molecular weight is 325 g/mol. The predicted octanol–water partition coefficient (Wildman–Crippen LogP) is 2.30. The maximum absolute atomic E-state index is 12.5. The van der Waals surface area contributed by atoms with Gasteiger partial charge in [-0.05, 0) is 6.42 Å². The van der Waals surface area contributed by atoms with Gasteiger partial charge in [-0.1, -0.05) is 18.3 Å². The summed E-state index contributed by atoms with van der Waals surface area (Å²) in [5, 5.41) is 2.71. The molecule has 0 spiro atoms. The van der Waals surface area contributed by atoms with Crippen molar-refractivity contribution in [2.75, 3.05) is 31.3 Å². The van der Waals surface area contributed by atoms with E-state index in [4.69, 9.17) is 5.73 Å². The number of rotatable bonds is 6. The second-order valence-corrected chi connectivity index (χ2v) is 6.47. The number of carbonyl (C=O) groups is 1. The normalized spacial score (nSPS) is 10.6. The summed E-state index contributed by atoms with van der Waals surface area (Å²) in [5.41, 5.74) is 8.53. The molecule has 8 heteroatoms. The first-order chi connectivity index (χ1) is 10.0. The Morgan fingerprint density at radius 1 is 1.43 bits per heavy atom. The number of nitrogen functional groups attached to an aromatic ring is 1. The van der Waals surface area contributed by atoms with Crippen molar-refractivity contribution in [3.05, 3.63) is 21.5 Å². The van der Waals surface area contributed by atoms with E-state index in [-0.39, 0.29) is 5.91 Å². The van der Waals surface area contributed by atoms with Crippen LogP contribution in [0.3, 0.4) is 0 Å². The summed E-state index contributed by atoms with van der Waals surface area (Å²) in [5.74, 6) is 0.183. The molecule has 2 heterocycles. The van der Waals surface area contributed by atoms with Crippen molar-refractivity contribution in [2.24, 2.45) is 0 Å². The topological polar surface area (TPSA) is 75.4 Å². The second-order valence-electron chi connectivity index (χ2n) is 4.77. The molecular weight excluding hydrogens is 306 g/mol. The lowest BCUT2D eigenvalue weighted by Crippen LogP contribution is -2.26. The van der Waals surface area contributed by atoms with Crippen LogP contribution in [0.15, 0.2) is 10.9 Å². The number of nitrogens with zero attached hydrogens (tertiary/aromatic N) is 4. The van der Waals surface area contributed by atoms with E-state index in [1.54, 1.807) is 17.5 Å². The van der Waals surface area contributed by atoms with Crippen LogP contribution in [0.5, 0.6) is 0 Å². The second kappa shape index (κ2) is 6.86. The molecule has 0 aromatic carbocycles. The lowest BCUT2D eigenvalue weighted by Gasteiger charge is -2.15. The Hall–Kier alpha value is -1.67. The minimum atomic E-state index is -0.117. The van der Waals surface area contributed by atoms with Gasteiger partial charge in [0.1, 0.15) is 10.7 Å². The summed E-state index contributed by atoms with van der Waals surface area (Å²) in [4.78, 5) is 25.1. The van der Waals surface area contributed by atoms with Gasteiger partial charge in [0.25, 0.3) is 5.91 Å². The van der Waals surface area contributed by atoms with Gasteiger partial charge < -0.3 is 15.5 Å². The average Bonchev–Trinajstić information content (AvgIpc) is 3.07. The van der Waals surface area contributed by atoms with Crippen LogP contribution in [0, 0.1) is 0 Å². The van der Waals surface area contributed by atoms with Crippen LogP contribution in [-0.2, 0) is 6.54 Å². The number of carbonyl (C=O) groups excluding carboxylic acids is 1. The van der Waals surface area contributed by atoms with Crippen LogP contribution in [0.4, 0.5) is 10.9 Å². The van der Waals surface area contributed by atoms with Crippen LogP contribution < -0.4 is 10.6 Å². The zero-order chi connectivity index (χ0) is 15.4. The lowest BCUT2D eigenvalue weighted by molar-refractivity contribution is 0.0789. The van der Waals surface area contributed by atoms with Crippen molar-refractivity contribution < 1.29 is 4.79 Å². The first-order valence-corrected chi connectivity index (χ1v) is 8.38. The summed E-state index contributed by atoms with van der Waals surface area (Å²) in [6.45, 7) is 3.45. The predicted molar refractivity (Wildman–Crippen MR) is 88.0 cm³/mol. The molecule has 0 fully saturated rings. The van der Waals surface area contributed by atoms with Gasteiger partial charge in [-0.15, -0.1) is 11.3 Å². The molecule has 6 nitrogen and oxygen atoms in total. The molecule has 2 aromatic rings. The van der Waals surface area contributed by atoms with Gasteiger partial charge in [-0.3, -0.25) is 4.79 Å². The van der Waals surface area contributed by atoms with Gasteiger partial charge in [0, 0.05) is 26.0 Å². The molecule has 0 unspecified atom stereocenters. The highest BCUT2D eigenvalue weighted by Gasteiger charge is 2.21. The standard InChI is InChI=1S/C13H19N5OS2/c1-4-5-17(2)13-16-11(14)10(21-13)12(19)18(3)6-9-7-20-8-15-9/h7-8H,4-6,14H2,1-3H3. The molecule has 114 valence electrons. The molecule has 0 aliphatic rings. The van der Waals surface area contributed by atoms with Gasteiger partial charge in [-0.25, -0.2) is 9.97 Å². The lowest BCUT2D eigenvalue weighted by atomic mass is 10.4. The molecule has 21 heavy (non-hydrogen) atoms. The third-order valence-electron chi connectivity index (χ3n) is 2.95. The fourth-order valence-electron chi connectivity index (χ4n) is 1.87. The van der Waals surface area contributed by atoms with Gasteiger partial charge in [0.2, 0.25) is 0 Å². The highest BCUT2D eigenvalue weighted by Crippen LogP contribution is 2.28. The number of nitrogens with two attached hydrogens (primary N) is 1. The van der Waals surface area contributed by atoms with Crippen LogP contribution in [0.2, 0.25) is 0 Å². The van der Waals surface area contributed by atoms with Crippen molar-refractivity contribution in [3.63, 3.8) is 0 Å². The fraction of sp³-hybridized carbons (Fsp3) is 0.462. The van der Waals surface area contributed by atoms with Crippen LogP contribution >= 0.6 is 22.7 Å². The minimum Gasteiger partial charge on any atom is -0.382 e. The van der Waals surface area contributed by atoms with Crippen molar-refractivity contribution in [1.82, 2.24) is 14.9 Å². The maximum Gasteiger partial charge on any atom is 0.267 e. The zero-order valence-electron chi connectivity index (χ0n) is 12.4. The van der Waals surface area contributed by atoms with Crippen LogP contribution in [0.25, 0.3) is 0 Å². The van der Waals surface area contributed by atoms with Crippen molar-refractivity contribution in [2.45, 2.75) is 19.9 Å². The molecule has 0 radical (unpaired) electrons. The molecule has 0 atom stereocenters. The highest BCUT2D eigenvalue weighted by atomic mass is 32.1. The van der Waals surface area contributed by atoms with Gasteiger partial charge >= 0.3 is 0 Å². The summed E-state index contributed by atoms with van der Waals surface area (Å²) in [6, 6.07) is 0. The number of amides is 1. The third kappa shape index (κ3) is 3.70. The monoisotopic (exact) mass is 325 g/mol.